The minimum absolute atomic E-state index is 0.208. The van der Waals surface area contributed by atoms with Crippen molar-refractivity contribution < 1.29 is 23.9 Å². The fourth-order valence-electron chi connectivity index (χ4n) is 1.13. The lowest BCUT2D eigenvalue weighted by molar-refractivity contribution is -0.137. The summed E-state index contributed by atoms with van der Waals surface area (Å²) in [7, 11) is 2.45. The van der Waals surface area contributed by atoms with Gasteiger partial charge in [-0.15, -0.1) is 0 Å². The first-order chi connectivity index (χ1) is 8.54. The first kappa shape index (κ1) is 15.9. The van der Waals surface area contributed by atoms with Crippen molar-refractivity contribution in [2.24, 2.45) is 0 Å². The van der Waals surface area contributed by atoms with Gasteiger partial charge in [-0.25, -0.2) is 9.59 Å². The van der Waals surface area contributed by atoms with Gasteiger partial charge in [0.15, 0.2) is 0 Å². The van der Waals surface area contributed by atoms with Gasteiger partial charge in [0, 0.05) is 25.1 Å². The van der Waals surface area contributed by atoms with E-state index in [0.717, 1.165) is 25.1 Å². The molecule has 0 N–H and O–H groups in total. The third-order valence-corrected chi connectivity index (χ3v) is 2.09. The number of carbonyl (C=O) groups excluding carboxylic acids is 3. The summed E-state index contributed by atoms with van der Waals surface area (Å²) in [6, 6.07) is 0. The molecule has 1 amide bonds. The third kappa shape index (κ3) is 6.47. The Labute approximate surface area is 106 Å². The van der Waals surface area contributed by atoms with Crippen LogP contribution in [0.3, 0.4) is 0 Å². The quantitative estimate of drug-likeness (QED) is 0.546. The van der Waals surface area contributed by atoms with Gasteiger partial charge in [0.25, 0.3) is 0 Å². The Morgan fingerprint density at radius 3 is 1.94 bits per heavy atom. The smallest absolute Gasteiger partial charge is 0.330 e. The molecule has 0 spiro atoms. The van der Waals surface area contributed by atoms with E-state index >= 15 is 0 Å². The molecule has 0 aromatic carbocycles. The Bertz CT molecular complexity index is 330. The summed E-state index contributed by atoms with van der Waals surface area (Å²) in [5.74, 6) is -0.948. The van der Waals surface area contributed by atoms with Crippen LogP contribution in [0.25, 0.3) is 0 Å². The highest BCUT2D eigenvalue weighted by Gasteiger charge is 2.15. The molecule has 0 unspecified atom stereocenters. The Morgan fingerprint density at radius 1 is 1.22 bits per heavy atom. The molecule has 0 atom stereocenters. The van der Waals surface area contributed by atoms with Gasteiger partial charge in [0.1, 0.15) is 0 Å². The summed E-state index contributed by atoms with van der Waals surface area (Å²) in [6.45, 7) is 4.36. The molecule has 1 saturated heterocycles. The Kier molecular flexibility index (Phi) is 7.92. The summed E-state index contributed by atoms with van der Waals surface area (Å²) in [5, 5.41) is 0. The number of likely N-dealkylation sites (tertiary alicyclic amines) is 1. The van der Waals surface area contributed by atoms with Crippen LogP contribution >= 0.6 is 0 Å². The van der Waals surface area contributed by atoms with Crippen LogP contribution in [0.1, 0.15) is 12.8 Å². The number of ether oxygens (including phenoxy) is 2. The molecule has 1 aliphatic heterocycles. The lowest BCUT2D eigenvalue weighted by Crippen LogP contribution is -2.16. The molecular formula is C12H17NO5. The largest absolute Gasteiger partial charge is 0.466 e. The normalized spacial score (nSPS) is 13.9. The molecule has 1 rings (SSSR count). The van der Waals surface area contributed by atoms with E-state index in [4.69, 9.17) is 0 Å². The fourth-order valence-corrected chi connectivity index (χ4v) is 1.13. The van der Waals surface area contributed by atoms with Gasteiger partial charge in [0.2, 0.25) is 5.91 Å². The standard InChI is InChI=1S/C6H9NO.C6H8O4/c1-2-7-5-3-4-6(7)8;1-9-5(7)3-4-6(8)10-2/h2H,1,3-5H2;3-4H,1-2H3. The van der Waals surface area contributed by atoms with Crippen molar-refractivity contribution in [3.63, 3.8) is 0 Å². The molecule has 0 aliphatic carbocycles. The molecule has 0 aromatic heterocycles. The second-order valence-corrected chi connectivity index (χ2v) is 3.25. The van der Waals surface area contributed by atoms with E-state index in [1.54, 1.807) is 11.1 Å². The van der Waals surface area contributed by atoms with Crippen molar-refractivity contribution in [3.8, 4) is 0 Å². The van der Waals surface area contributed by atoms with Crippen molar-refractivity contribution in [1.82, 2.24) is 4.90 Å². The molecule has 6 heteroatoms. The third-order valence-electron chi connectivity index (χ3n) is 2.09. The van der Waals surface area contributed by atoms with Gasteiger partial charge in [-0.1, -0.05) is 6.58 Å². The van der Waals surface area contributed by atoms with E-state index in [1.807, 2.05) is 0 Å². The van der Waals surface area contributed by atoms with Gasteiger partial charge in [-0.3, -0.25) is 4.79 Å². The summed E-state index contributed by atoms with van der Waals surface area (Å²) in [5.41, 5.74) is 0. The van der Waals surface area contributed by atoms with Crippen LogP contribution in [0.2, 0.25) is 0 Å². The van der Waals surface area contributed by atoms with E-state index < -0.39 is 11.9 Å². The van der Waals surface area contributed by atoms with Crippen molar-refractivity contribution >= 4 is 17.8 Å². The number of rotatable bonds is 3. The van der Waals surface area contributed by atoms with Crippen LogP contribution in [0.4, 0.5) is 0 Å². The van der Waals surface area contributed by atoms with Crippen LogP contribution in [-0.4, -0.2) is 43.5 Å². The topological polar surface area (TPSA) is 72.9 Å². The van der Waals surface area contributed by atoms with E-state index in [2.05, 4.69) is 16.1 Å². The average molecular weight is 255 g/mol. The van der Waals surface area contributed by atoms with Crippen LogP contribution in [0.15, 0.2) is 24.9 Å². The molecule has 100 valence electrons. The maximum Gasteiger partial charge on any atom is 0.330 e. The number of esters is 2. The number of amides is 1. The minimum Gasteiger partial charge on any atom is -0.466 e. The molecule has 0 bridgehead atoms. The predicted molar refractivity (Wildman–Crippen MR) is 64.3 cm³/mol. The first-order valence-corrected chi connectivity index (χ1v) is 5.31. The SMILES string of the molecule is C=CN1CCCC1=O.COC(=O)C=CC(=O)OC. The van der Waals surface area contributed by atoms with Crippen LogP contribution < -0.4 is 0 Å². The molecule has 0 saturated carbocycles. The maximum atomic E-state index is 10.7. The number of hydrogen-bond donors (Lipinski definition) is 0. The zero-order valence-electron chi connectivity index (χ0n) is 10.5. The van der Waals surface area contributed by atoms with Gasteiger partial charge in [0.05, 0.1) is 14.2 Å². The van der Waals surface area contributed by atoms with Gasteiger partial charge in [-0.2, -0.15) is 0 Å². The zero-order valence-corrected chi connectivity index (χ0v) is 10.5. The second kappa shape index (κ2) is 8.98. The molecule has 1 heterocycles. The lowest BCUT2D eigenvalue weighted by atomic mass is 10.4. The molecule has 1 fully saturated rings. The number of hydrogen-bond acceptors (Lipinski definition) is 5. The number of carbonyl (C=O) groups is 3. The van der Waals surface area contributed by atoms with E-state index in [0.29, 0.717) is 6.42 Å². The summed E-state index contributed by atoms with van der Waals surface area (Å²) >= 11 is 0. The maximum absolute atomic E-state index is 10.7. The van der Waals surface area contributed by atoms with E-state index in [1.165, 1.54) is 14.2 Å². The van der Waals surface area contributed by atoms with Crippen molar-refractivity contribution in [2.45, 2.75) is 12.8 Å². The zero-order chi connectivity index (χ0) is 14.0. The number of nitrogens with zero attached hydrogens (tertiary/aromatic N) is 1. The highest BCUT2D eigenvalue weighted by molar-refractivity contribution is 5.91. The summed E-state index contributed by atoms with van der Waals surface area (Å²) in [4.78, 5) is 32.9. The van der Waals surface area contributed by atoms with Gasteiger partial charge < -0.3 is 14.4 Å². The van der Waals surface area contributed by atoms with E-state index in [9.17, 15) is 14.4 Å². The van der Waals surface area contributed by atoms with Crippen molar-refractivity contribution in [2.75, 3.05) is 20.8 Å². The second-order valence-electron chi connectivity index (χ2n) is 3.25. The van der Waals surface area contributed by atoms with Crippen LogP contribution in [0.5, 0.6) is 0 Å². The monoisotopic (exact) mass is 255 g/mol. The van der Waals surface area contributed by atoms with Crippen LogP contribution in [-0.2, 0) is 23.9 Å². The molecule has 18 heavy (non-hydrogen) atoms. The number of methoxy groups -OCH3 is 2. The van der Waals surface area contributed by atoms with Gasteiger partial charge in [-0.05, 0) is 12.6 Å². The Balaban J connectivity index is 0.000000327. The lowest BCUT2D eigenvalue weighted by Gasteiger charge is -2.05. The average Bonchev–Trinajstić information content (AvgIpc) is 2.81. The van der Waals surface area contributed by atoms with Gasteiger partial charge >= 0.3 is 11.9 Å². The summed E-state index contributed by atoms with van der Waals surface area (Å²) in [6.07, 6.45) is 5.27. The molecule has 0 radical (unpaired) electrons. The van der Waals surface area contributed by atoms with Crippen molar-refractivity contribution in [3.05, 3.63) is 24.9 Å². The highest BCUT2D eigenvalue weighted by Crippen LogP contribution is 2.08. The Morgan fingerprint density at radius 2 is 1.72 bits per heavy atom. The predicted octanol–water partition coefficient (Wildman–Crippen LogP) is 0.641. The first-order valence-electron chi connectivity index (χ1n) is 5.31. The summed E-state index contributed by atoms with van der Waals surface area (Å²) < 4.78 is 8.42. The highest BCUT2D eigenvalue weighted by atomic mass is 16.5. The Hall–Kier alpha value is -2.11. The van der Waals surface area contributed by atoms with Crippen molar-refractivity contribution in [1.29, 1.82) is 0 Å². The molecule has 1 aliphatic rings. The van der Waals surface area contributed by atoms with E-state index in [-0.39, 0.29) is 5.91 Å². The minimum atomic E-state index is -0.578. The molecule has 0 aromatic rings. The van der Waals surface area contributed by atoms with Crippen LogP contribution in [0, 0.1) is 0 Å². The molecule has 6 nitrogen and oxygen atoms in total. The fraction of sp³-hybridized carbons (Fsp3) is 0.417. The molecular weight excluding hydrogens is 238 g/mol.